The number of hydrogen-bond acceptors (Lipinski definition) is 2. The summed E-state index contributed by atoms with van der Waals surface area (Å²) in [5.74, 6) is 0.867. The van der Waals surface area contributed by atoms with Gasteiger partial charge in [0.25, 0.3) is 0 Å². The zero-order valence-corrected chi connectivity index (χ0v) is 13.2. The first-order valence-electron chi connectivity index (χ1n) is 6.78. The third-order valence-electron chi connectivity index (χ3n) is 3.99. The van der Waals surface area contributed by atoms with Crippen molar-refractivity contribution in [1.29, 1.82) is 0 Å². The molecule has 100 valence electrons. The zero-order valence-electron chi connectivity index (χ0n) is 11.6. The maximum atomic E-state index is 4.45. The molecule has 0 bridgehead atoms. The molecular weight excluding hydrogens is 288 g/mol. The summed E-state index contributed by atoms with van der Waals surface area (Å²) in [4.78, 5) is 6.98. The van der Waals surface area contributed by atoms with Crippen LogP contribution in [-0.2, 0) is 6.54 Å². The van der Waals surface area contributed by atoms with Gasteiger partial charge < -0.3 is 0 Å². The molecule has 0 atom stereocenters. The van der Waals surface area contributed by atoms with Crippen molar-refractivity contribution in [1.82, 2.24) is 9.88 Å². The fraction of sp³-hybridized carbons (Fsp3) is 0.667. The first-order chi connectivity index (χ1) is 8.45. The van der Waals surface area contributed by atoms with E-state index >= 15 is 0 Å². The van der Waals surface area contributed by atoms with E-state index in [4.69, 9.17) is 0 Å². The van der Waals surface area contributed by atoms with Crippen molar-refractivity contribution in [3.8, 4) is 0 Å². The first kappa shape index (κ1) is 14.0. The molecule has 2 nitrogen and oxygen atoms in total. The molecule has 0 N–H and O–H groups in total. The summed E-state index contributed by atoms with van der Waals surface area (Å²) in [7, 11) is 0. The van der Waals surface area contributed by atoms with Crippen LogP contribution < -0.4 is 0 Å². The Kier molecular flexibility index (Phi) is 4.44. The van der Waals surface area contributed by atoms with Crippen LogP contribution in [0, 0.1) is 11.3 Å². The van der Waals surface area contributed by atoms with Gasteiger partial charge in [-0.2, -0.15) is 0 Å². The Morgan fingerprint density at radius 3 is 2.44 bits per heavy atom. The molecule has 1 fully saturated rings. The number of aromatic nitrogens is 1. The van der Waals surface area contributed by atoms with E-state index in [1.165, 1.54) is 31.6 Å². The van der Waals surface area contributed by atoms with Gasteiger partial charge in [-0.05, 0) is 65.3 Å². The van der Waals surface area contributed by atoms with E-state index in [0.29, 0.717) is 5.41 Å². The first-order valence-corrected chi connectivity index (χ1v) is 7.57. The summed E-state index contributed by atoms with van der Waals surface area (Å²) in [6.45, 7) is 10.5. The molecule has 0 aliphatic carbocycles. The Morgan fingerprint density at radius 2 is 1.94 bits per heavy atom. The molecule has 3 heteroatoms. The summed E-state index contributed by atoms with van der Waals surface area (Å²) in [5, 5.41) is 0. The molecule has 2 rings (SSSR count). The summed E-state index contributed by atoms with van der Waals surface area (Å²) in [6.07, 6.45) is 4.53. The molecule has 0 spiro atoms. The van der Waals surface area contributed by atoms with Crippen LogP contribution in [0.5, 0.6) is 0 Å². The van der Waals surface area contributed by atoms with Crippen molar-refractivity contribution in [2.24, 2.45) is 11.3 Å². The lowest BCUT2D eigenvalue weighted by atomic mass is 9.75. The SMILES string of the molecule is CC(C)(C)C1CCN(Cc2ccc(Br)cn2)CC1. The lowest BCUT2D eigenvalue weighted by Gasteiger charge is -2.38. The Labute approximate surface area is 119 Å². The van der Waals surface area contributed by atoms with Crippen LogP contribution >= 0.6 is 15.9 Å². The average Bonchev–Trinajstić information content (AvgIpc) is 2.32. The monoisotopic (exact) mass is 310 g/mol. The number of pyridine rings is 1. The number of nitrogens with zero attached hydrogens (tertiary/aromatic N) is 2. The van der Waals surface area contributed by atoms with E-state index in [2.05, 4.69) is 58.7 Å². The van der Waals surface area contributed by atoms with Gasteiger partial charge in [0, 0.05) is 17.2 Å². The normalized spacial score (nSPS) is 19.1. The molecule has 0 aromatic carbocycles. The van der Waals surface area contributed by atoms with Gasteiger partial charge in [-0.3, -0.25) is 9.88 Å². The minimum Gasteiger partial charge on any atom is -0.297 e. The van der Waals surface area contributed by atoms with Gasteiger partial charge in [-0.15, -0.1) is 0 Å². The Bertz CT molecular complexity index is 372. The number of piperidine rings is 1. The number of likely N-dealkylation sites (tertiary alicyclic amines) is 1. The summed E-state index contributed by atoms with van der Waals surface area (Å²) >= 11 is 3.42. The van der Waals surface area contributed by atoms with Gasteiger partial charge in [-0.1, -0.05) is 20.8 Å². The maximum absolute atomic E-state index is 4.45. The molecular formula is C15H23BrN2. The van der Waals surface area contributed by atoms with Crippen LogP contribution in [0.3, 0.4) is 0 Å². The molecule has 0 saturated carbocycles. The second-order valence-corrected chi connectivity index (χ2v) is 7.30. The van der Waals surface area contributed by atoms with E-state index in [1.807, 2.05) is 6.20 Å². The Balaban J connectivity index is 1.85. The second kappa shape index (κ2) is 5.70. The van der Waals surface area contributed by atoms with Crippen LogP contribution in [-0.4, -0.2) is 23.0 Å². The predicted molar refractivity (Wildman–Crippen MR) is 79.4 cm³/mol. The number of halogens is 1. The van der Waals surface area contributed by atoms with Crippen LogP contribution in [0.1, 0.15) is 39.3 Å². The molecule has 0 amide bonds. The topological polar surface area (TPSA) is 16.1 Å². The molecule has 1 aliphatic heterocycles. The van der Waals surface area contributed by atoms with Crippen molar-refractivity contribution >= 4 is 15.9 Å². The maximum Gasteiger partial charge on any atom is 0.0544 e. The van der Waals surface area contributed by atoms with Crippen LogP contribution in [0.15, 0.2) is 22.8 Å². The summed E-state index contributed by atoms with van der Waals surface area (Å²) < 4.78 is 1.05. The molecule has 1 aliphatic rings. The van der Waals surface area contributed by atoms with Crippen LogP contribution in [0.4, 0.5) is 0 Å². The lowest BCUT2D eigenvalue weighted by molar-refractivity contribution is 0.107. The third kappa shape index (κ3) is 3.79. The Morgan fingerprint density at radius 1 is 1.28 bits per heavy atom. The van der Waals surface area contributed by atoms with Crippen LogP contribution in [0.2, 0.25) is 0 Å². The fourth-order valence-corrected chi connectivity index (χ4v) is 2.92. The standard InChI is InChI=1S/C15H23BrN2/c1-15(2,3)12-6-8-18(9-7-12)11-14-5-4-13(16)10-17-14/h4-5,10,12H,6-9,11H2,1-3H3. The molecule has 2 heterocycles. The molecule has 18 heavy (non-hydrogen) atoms. The van der Waals surface area contributed by atoms with Crippen molar-refractivity contribution in [3.05, 3.63) is 28.5 Å². The molecule has 0 radical (unpaired) electrons. The van der Waals surface area contributed by atoms with Crippen molar-refractivity contribution in [3.63, 3.8) is 0 Å². The molecule has 1 aromatic rings. The predicted octanol–water partition coefficient (Wildman–Crippen LogP) is 4.10. The smallest absolute Gasteiger partial charge is 0.0544 e. The van der Waals surface area contributed by atoms with Gasteiger partial charge in [0.1, 0.15) is 0 Å². The highest BCUT2D eigenvalue weighted by Crippen LogP contribution is 2.34. The van der Waals surface area contributed by atoms with Crippen molar-refractivity contribution in [2.75, 3.05) is 13.1 Å². The van der Waals surface area contributed by atoms with Gasteiger partial charge in [-0.25, -0.2) is 0 Å². The summed E-state index contributed by atoms with van der Waals surface area (Å²) in [6, 6.07) is 4.18. The molecule has 0 unspecified atom stereocenters. The van der Waals surface area contributed by atoms with Crippen LogP contribution in [0.25, 0.3) is 0 Å². The highest BCUT2D eigenvalue weighted by molar-refractivity contribution is 9.10. The number of rotatable bonds is 2. The Hall–Kier alpha value is -0.410. The minimum absolute atomic E-state index is 0.460. The fourth-order valence-electron chi connectivity index (χ4n) is 2.69. The highest BCUT2D eigenvalue weighted by Gasteiger charge is 2.28. The van der Waals surface area contributed by atoms with Gasteiger partial charge in [0.2, 0.25) is 0 Å². The van der Waals surface area contributed by atoms with E-state index in [1.54, 1.807) is 0 Å². The average molecular weight is 311 g/mol. The van der Waals surface area contributed by atoms with E-state index < -0.39 is 0 Å². The van der Waals surface area contributed by atoms with E-state index in [-0.39, 0.29) is 0 Å². The minimum atomic E-state index is 0.460. The largest absolute Gasteiger partial charge is 0.297 e. The lowest BCUT2D eigenvalue weighted by Crippen LogP contribution is -2.37. The summed E-state index contributed by atoms with van der Waals surface area (Å²) in [5.41, 5.74) is 1.63. The van der Waals surface area contributed by atoms with E-state index in [9.17, 15) is 0 Å². The number of hydrogen-bond donors (Lipinski definition) is 0. The van der Waals surface area contributed by atoms with Crippen molar-refractivity contribution < 1.29 is 0 Å². The molecule has 1 saturated heterocycles. The van der Waals surface area contributed by atoms with Gasteiger partial charge in [0.05, 0.1) is 5.69 Å². The van der Waals surface area contributed by atoms with Gasteiger partial charge in [0.15, 0.2) is 0 Å². The third-order valence-corrected chi connectivity index (χ3v) is 4.46. The zero-order chi connectivity index (χ0) is 13.2. The van der Waals surface area contributed by atoms with Crippen molar-refractivity contribution in [2.45, 2.75) is 40.2 Å². The quantitative estimate of drug-likeness (QED) is 0.817. The highest BCUT2D eigenvalue weighted by atomic mass is 79.9. The van der Waals surface area contributed by atoms with Gasteiger partial charge >= 0.3 is 0 Å². The molecule has 1 aromatic heterocycles. The van der Waals surface area contributed by atoms with E-state index in [0.717, 1.165) is 16.9 Å². The second-order valence-electron chi connectivity index (χ2n) is 6.38.